The van der Waals surface area contributed by atoms with E-state index in [9.17, 15) is 4.79 Å². The normalized spacial score (nSPS) is 23.6. The summed E-state index contributed by atoms with van der Waals surface area (Å²) >= 11 is 0. The molecular formula is C15H30N4O. The maximum absolute atomic E-state index is 11.7. The van der Waals surface area contributed by atoms with Gasteiger partial charge in [-0.25, -0.2) is 4.99 Å². The molecule has 0 aliphatic carbocycles. The Hall–Kier alpha value is -1.26. The van der Waals surface area contributed by atoms with Crippen molar-refractivity contribution in [3.05, 3.63) is 0 Å². The third kappa shape index (κ3) is 5.39. The lowest BCUT2D eigenvalue weighted by molar-refractivity contribution is -0.127. The fraction of sp³-hybridized carbons (Fsp3) is 0.867. The molecule has 1 saturated heterocycles. The lowest BCUT2D eigenvalue weighted by Crippen LogP contribution is -2.49. The number of amides is 1. The molecule has 116 valence electrons. The molecule has 0 aromatic carbocycles. The molecular weight excluding hydrogens is 252 g/mol. The Morgan fingerprint density at radius 3 is 2.40 bits per heavy atom. The smallest absolute Gasteiger partial charge is 0.243 e. The number of hydrogen-bond donors (Lipinski definition) is 1. The standard InChI is InChI=1S/C15H30N4O/c1-6-7-16-15(17-9-14(20)18(4)5)19-10-12(2)8-13(3)11-19/h12-13H,6-11H2,1-5H3,(H,16,17). The molecule has 0 aromatic rings. The lowest BCUT2D eigenvalue weighted by atomic mass is 9.92. The van der Waals surface area contributed by atoms with E-state index in [-0.39, 0.29) is 12.5 Å². The summed E-state index contributed by atoms with van der Waals surface area (Å²) in [6, 6.07) is 0. The van der Waals surface area contributed by atoms with Crippen LogP contribution in [0.3, 0.4) is 0 Å². The second kappa shape index (κ2) is 8.12. The van der Waals surface area contributed by atoms with Crippen molar-refractivity contribution in [1.29, 1.82) is 0 Å². The number of carbonyl (C=O) groups is 1. The highest BCUT2D eigenvalue weighted by atomic mass is 16.2. The van der Waals surface area contributed by atoms with Gasteiger partial charge < -0.3 is 15.1 Å². The first-order valence-corrected chi connectivity index (χ1v) is 7.67. The molecule has 0 radical (unpaired) electrons. The zero-order valence-electron chi connectivity index (χ0n) is 13.6. The fourth-order valence-corrected chi connectivity index (χ4v) is 2.62. The van der Waals surface area contributed by atoms with E-state index in [1.807, 2.05) is 0 Å². The summed E-state index contributed by atoms with van der Waals surface area (Å²) in [7, 11) is 3.53. The van der Waals surface area contributed by atoms with Crippen LogP contribution in [-0.2, 0) is 4.79 Å². The predicted octanol–water partition coefficient (Wildman–Crippen LogP) is 1.41. The number of hydrogen-bond acceptors (Lipinski definition) is 2. The monoisotopic (exact) mass is 282 g/mol. The molecule has 1 heterocycles. The largest absolute Gasteiger partial charge is 0.356 e. The zero-order chi connectivity index (χ0) is 15.1. The van der Waals surface area contributed by atoms with Crippen LogP contribution in [0.4, 0.5) is 0 Å². The summed E-state index contributed by atoms with van der Waals surface area (Å²) in [4.78, 5) is 20.1. The second-order valence-electron chi connectivity index (χ2n) is 6.21. The number of nitrogens with one attached hydrogen (secondary N) is 1. The highest BCUT2D eigenvalue weighted by Crippen LogP contribution is 2.20. The maximum Gasteiger partial charge on any atom is 0.243 e. The summed E-state index contributed by atoms with van der Waals surface area (Å²) < 4.78 is 0. The number of piperidine rings is 1. The van der Waals surface area contributed by atoms with Crippen LogP contribution in [0.25, 0.3) is 0 Å². The van der Waals surface area contributed by atoms with Gasteiger partial charge in [-0.1, -0.05) is 20.8 Å². The minimum Gasteiger partial charge on any atom is -0.356 e. The highest BCUT2D eigenvalue weighted by Gasteiger charge is 2.24. The van der Waals surface area contributed by atoms with Gasteiger partial charge in [0.1, 0.15) is 6.54 Å². The van der Waals surface area contributed by atoms with Crippen LogP contribution >= 0.6 is 0 Å². The van der Waals surface area contributed by atoms with E-state index in [0.29, 0.717) is 11.8 Å². The van der Waals surface area contributed by atoms with Crippen molar-refractivity contribution in [1.82, 2.24) is 15.1 Å². The molecule has 5 nitrogen and oxygen atoms in total. The van der Waals surface area contributed by atoms with E-state index < -0.39 is 0 Å². The first-order valence-electron chi connectivity index (χ1n) is 7.67. The second-order valence-corrected chi connectivity index (χ2v) is 6.21. The number of guanidine groups is 1. The zero-order valence-corrected chi connectivity index (χ0v) is 13.6. The summed E-state index contributed by atoms with van der Waals surface area (Å²) in [6.07, 6.45) is 2.33. The average molecular weight is 282 g/mol. The molecule has 1 aliphatic rings. The molecule has 1 N–H and O–H groups in total. The Balaban J connectivity index is 2.71. The number of carbonyl (C=O) groups excluding carboxylic acids is 1. The van der Waals surface area contributed by atoms with Crippen LogP contribution in [0.2, 0.25) is 0 Å². The molecule has 0 bridgehead atoms. The van der Waals surface area contributed by atoms with Crippen molar-refractivity contribution in [3.8, 4) is 0 Å². The van der Waals surface area contributed by atoms with E-state index >= 15 is 0 Å². The van der Waals surface area contributed by atoms with Crippen molar-refractivity contribution in [2.45, 2.75) is 33.6 Å². The summed E-state index contributed by atoms with van der Waals surface area (Å²) in [5.41, 5.74) is 0. The molecule has 0 saturated carbocycles. The Kier molecular flexibility index (Phi) is 6.82. The van der Waals surface area contributed by atoms with Crippen LogP contribution in [0.5, 0.6) is 0 Å². The van der Waals surface area contributed by atoms with Gasteiger partial charge in [0.05, 0.1) is 0 Å². The number of aliphatic imine (C=N–C) groups is 1. The van der Waals surface area contributed by atoms with Crippen LogP contribution < -0.4 is 5.32 Å². The van der Waals surface area contributed by atoms with Crippen LogP contribution in [0, 0.1) is 11.8 Å². The van der Waals surface area contributed by atoms with Crippen LogP contribution in [-0.4, -0.2) is 61.9 Å². The van der Waals surface area contributed by atoms with Gasteiger partial charge in [-0.15, -0.1) is 0 Å². The minimum atomic E-state index is 0.0407. The molecule has 20 heavy (non-hydrogen) atoms. The van der Waals surface area contributed by atoms with E-state index in [4.69, 9.17) is 0 Å². The minimum absolute atomic E-state index is 0.0407. The number of rotatable bonds is 4. The molecule has 0 spiro atoms. The third-order valence-corrected chi connectivity index (χ3v) is 3.56. The molecule has 0 aromatic heterocycles. The Morgan fingerprint density at radius 2 is 1.90 bits per heavy atom. The topological polar surface area (TPSA) is 47.9 Å². The first-order chi connectivity index (χ1) is 9.43. The highest BCUT2D eigenvalue weighted by molar-refractivity contribution is 5.84. The molecule has 5 heteroatoms. The molecule has 1 aliphatic heterocycles. The van der Waals surface area contributed by atoms with E-state index in [0.717, 1.165) is 32.0 Å². The SMILES string of the molecule is CCCNC(=NCC(=O)N(C)C)N1CC(C)CC(C)C1. The van der Waals surface area contributed by atoms with Crippen LogP contribution in [0.15, 0.2) is 4.99 Å². The quantitative estimate of drug-likeness (QED) is 0.626. The number of likely N-dealkylation sites (tertiary alicyclic amines) is 1. The lowest BCUT2D eigenvalue weighted by Gasteiger charge is -2.37. The number of likely N-dealkylation sites (N-methyl/N-ethyl adjacent to an activating group) is 1. The van der Waals surface area contributed by atoms with Gasteiger partial charge in [0.25, 0.3) is 0 Å². The average Bonchev–Trinajstić information content (AvgIpc) is 2.37. The predicted molar refractivity (Wildman–Crippen MR) is 83.8 cm³/mol. The van der Waals surface area contributed by atoms with Crippen molar-refractivity contribution in [2.75, 3.05) is 40.3 Å². The van der Waals surface area contributed by atoms with Gasteiger partial charge in [-0.05, 0) is 24.7 Å². The third-order valence-electron chi connectivity index (χ3n) is 3.56. The Labute approximate surface area is 123 Å². The van der Waals surface area contributed by atoms with E-state index in [2.05, 4.69) is 36.0 Å². The number of nitrogens with zero attached hydrogens (tertiary/aromatic N) is 3. The molecule has 2 unspecified atom stereocenters. The van der Waals surface area contributed by atoms with Crippen molar-refractivity contribution >= 4 is 11.9 Å². The maximum atomic E-state index is 11.7. The van der Waals surface area contributed by atoms with Gasteiger partial charge in [-0.2, -0.15) is 0 Å². The Bertz CT molecular complexity index is 331. The van der Waals surface area contributed by atoms with Crippen molar-refractivity contribution < 1.29 is 4.79 Å². The summed E-state index contributed by atoms with van der Waals surface area (Å²) in [5.74, 6) is 2.29. The fourth-order valence-electron chi connectivity index (χ4n) is 2.62. The van der Waals surface area contributed by atoms with Gasteiger partial charge in [0.15, 0.2) is 5.96 Å². The molecule has 1 fully saturated rings. The summed E-state index contributed by atoms with van der Waals surface area (Å²) in [5, 5.41) is 3.38. The van der Waals surface area contributed by atoms with Gasteiger partial charge in [0.2, 0.25) is 5.91 Å². The summed E-state index contributed by atoms with van der Waals surface area (Å²) in [6.45, 7) is 9.87. The van der Waals surface area contributed by atoms with Gasteiger partial charge in [0, 0.05) is 33.7 Å². The van der Waals surface area contributed by atoms with Crippen molar-refractivity contribution in [3.63, 3.8) is 0 Å². The van der Waals surface area contributed by atoms with Gasteiger partial charge in [-0.3, -0.25) is 4.79 Å². The van der Waals surface area contributed by atoms with E-state index in [1.54, 1.807) is 19.0 Å². The van der Waals surface area contributed by atoms with Crippen molar-refractivity contribution in [2.24, 2.45) is 16.8 Å². The first kappa shape index (κ1) is 16.8. The Morgan fingerprint density at radius 1 is 1.30 bits per heavy atom. The van der Waals surface area contributed by atoms with Gasteiger partial charge >= 0.3 is 0 Å². The molecule has 1 rings (SSSR count). The molecule has 2 atom stereocenters. The molecule has 1 amide bonds. The van der Waals surface area contributed by atoms with Crippen LogP contribution in [0.1, 0.15) is 33.6 Å². The van der Waals surface area contributed by atoms with E-state index in [1.165, 1.54) is 6.42 Å².